The molecule has 1 aromatic carbocycles. The van der Waals surface area contributed by atoms with E-state index in [-0.39, 0.29) is 5.69 Å². The highest BCUT2D eigenvalue weighted by Gasteiger charge is 2.16. The minimum absolute atomic E-state index is 0.210. The van der Waals surface area contributed by atoms with E-state index in [0.717, 1.165) is 23.6 Å². The van der Waals surface area contributed by atoms with Crippen molar-refractivity contribution in [2.45, 2.75) is 12.8 Å². The van der Waals surface area contributed by atoms with Crippen molar-refractivity contribution in [2.75, 3.05) is 20.0 Å². The molecule has 0 saturated carbocycles. The number of methoxy groups -OCH3 is 2. The summed E-state index contributed by atoms with van der Waals surface area (Å²) in [5.41, 5.74) is 7.15. The largest absolute Gasteiger partial charge is 0.497 e. The van der Waals surface area contributed by atoms with Crippen molar-refractivity contribution < 1.29 is 14.3 Å². The molecule has 6 heteroatoms. The Morgan fingerprint density at radius 3 is 2.55 bits per heavy atom. The summed E-state index contributed by atoms with van der Waals surface area (Å²) in [5, 5.41) is 1.24. The molecule has 0 aliphatic carbocycles. The monoisotopic (exact) mass is 292 g/mol. The third-order valence-corrected chi connectivity index (χ3v) is 3.81. The zero-order valence-electron chi connectivity index (χ0n) is 11.4. The fraction of sp³-hybridized carbons (Fsp3) is 0.286. The number of nitrogens with zero attached hydrogens (tertiary/aromatic N) is 1. The zero-order chi connectivity index (χ0) is 14.5. The van der Waals surface area contributed by atoms with Crippen molar-refractivity contribution in [3.8, 4) is 5.75 Å². The molecule has 1 heterocycles. The Morgan fingerprint density at radius 2 is 1.95 bits per heavy atom. The molecule has 0 aliphatic rings. The van der Waals surface area contributed by atoms with E-state index in [2.05, 4.69) is 9.72 Å². The average molecular weight is 292 g/mol. The Bertz CT molecular complexity index is 593. The summed E-state index contributed by atoms with van der Waals surface area (Å²) in [4.78, 5) is 15.6. The summed E-state index contributed by atoms with van der Waals surface area (Å²) in [6, 6.07) is 7.87. The van der Waals surface area contributed by atoms with E-state index in [1.165, 1.54) is 24.0 Å². The van der Waals surface area contributed by atoms with Gasteiger partial charge in [-0.3, -0.25) is 0 Å². The number of esters is 1. The van der Waals surface area contributed by atoms with Gasteiger partial charge in [-0.1, -0.05) is 12.1 Å². The number of nitrogen functional groups attached to an aromatic ring is 1. The normalized spacial score (nSPS) is 10.3. The standard InChI is InChI=1S/C14H16N2O3S/c1-18-10-6-3-9(4-7-10)5-8-11-16-12(13(15)20-11)14(17)19-2/h3-4,6-7H,5,8,15H2,1-2H3. The number of anilines is 1. The van der Waals surface area contributed by atoms with Gasteiger partial charge in [0.15, 0.2) is 5.69 Å². The zero-order valence-corrected chi connectivity index (χ0v) is 12.2. The van der Waals surface area contributed by atoms with Crippen molar-refractivity contribution in [2.24, 2.45) is 0 Å². The maximum Gasteiger partial charge on any atom is 0.359 e. The average Bonchev–Trinajstić information content (AvgIpc) is 2.86. The summed E-state index contributed by atoms with van der Waals surface area (Å²) in [5.74, 6) is 0.342. The third kappa shape index (κ3) is 3.27. The van der Waals surface area contributed by atoms with Gasteiger partial charge >= 0.3 is 5.97 Å². The lowest BCUT2D eigenvalue weighted by atomic mass is 10.1. The molecule has 2 aromatic rings. The lowest BCUT2D eigenvalue weighted by molar-refractivity contribution is 0.0596. The van der Waals surface area contributed by atoms with Crippen LogP contribution >= 0.6 is 11.3 Å². The molecule has 0 bridgehead atoms. The summed E-state index contributed by atoms with van der Waals surface area (Å²) in [6.07, 6.45) is 1.57. The molecule has 0 spiro atoms. The first-order chi connectivity index (χ1) is 9.63. The summed E-state index contributed by atoms with van der Waals surface area (Å²) >= 11 is 1.33. The van der Waals surface area contributed by atoms with Crippen LogP contribution in [0.1, 0.15) is 21.1 Å². The molecule has 5 nitrogen and oxygen atoms in total. The van der Waals surface area contributed by atoms with E-state index in [1.54, 1.807) is 7.11 Å². The fourth-order valence-corrected chi connectivity index (χ4v) is 2.59. The highest BCUT2D eigenvalue weighted by molar-refractivity contribution is 7.15. The van der Waals surface area contributed by atoms with Crippen LogP contribution in [0.25, 0.3) is 0 Å². The highest BCUT2D eigenvalue weighted by atomic mass is 32.1. The van der Waals surface area contributed by atoms with Gasteiger partial charge < -0.3 is 15.2 Å². The molecule has 2 rings (SSSR count). The highest BCUT2D eigenvalue weighted by Crippen LogP contribution is 2.23. The van der Waals surface area contributed by atoms with Crippen LogP contribution in [0.4, 0.5) is 5.00 Å². The molecule has 0 aliphatic heterocycles. The molecule has 20 heavy (non-hydrogen) atoms. The van der Waals surface area contributed by atoms with Gasteiger partial charge in [-0.15, -0.1) is 11.3 Å². The van der Waals surface area contributed by atoms with Crippen LogP contribution in [0.5, 0.6) is 5.75 Å². The number of aromatic nitrogens is 1. The van der Waals surface area contributed by atoms with Crippen molar-refractivity contribution in [1.29, 1.82) is 0 Å². The first-order valence-electron chi connectivity index (χ1n) is 6.10. The predicted octanol–water partition coefficient (Wildman–Crippen LogP) is 2.31. The predicted molar refractivity (Wildman–Crippen MR) is 78.3 cm³/mol. The smallest absolute Gasteiger partial charge is 0.359 e. The second kappa shape index (κ2) is 6.38. The summed E-state index contributed by atoms with van der Waals surface area (Å²) < 4.78 is 9.74. The molecule has 106 valence electrons. The van der Waals surface area contributed by atoms with Crippen LogP contribution in [0.2, 0.25) is 0 Å². The van der Waals surface area contributed by atoms with Crippen LogP contribution in [0.3, 0.4) is 0 Å². The van der Waals surface area contributed by atoms with E-state index < -0.39 is 5.97 Å². The lowest BCUT2D eigenvalue weighted by Crippen LogP contribution is -2.04. The Morgan fingerprint density at radius 1 is 1.25 bits per heavy atom. The number of hydrogen-bond donors (Lipinski definition) is 1. The van der Waals surface area contributed by atoms with E-state index in [9.17, 15) is 4.79 Å². The summed E-state index contributed by atoms with van der Waals surface area (Å²) in [7, 11) is 2.96. The number of ether oxygens (including phenoxy) is 2. The van der Waals surface area contributed by atoms with Crippen molar-refractivity contribution >= 4 is 22.3 Å². The van der Waals surface area contributed by atoms with Gasteiger partial charge in [0.05, 0.1) is 19.2 Å². The molecule has 1 aromatic heterocycles. The molecular formula is C14H16N2O3S. The molecular weight excluding hydrogens is 276 g/mol. The number of nitrogens with two attached hydrogens (primary N) is 1. The maximum atomic E-state index is 11.4. The topological polar surface area (TPSA) is 74.4 Å². The van der Waals surface area contributed by atoms with E-state index >= 15 is 0 Å². The van der Waals surface area contributed by atoms with Gasteiger partial charge in [0, 0.05) is 6.42 Å². The van der Waals surface area contributed by atoms with E-state index in [1.807, 2.05) is 24.3 Å². The lowest BCUT2D eigenvalue weighted by Gasteiger charge is -2.02. The number of carbonyl (C=O) groups is 1. The number of thiazole rings is 1. The number of rotatable bonds is 5. The number of aryl methyl sites for hydroxylation is 2. The number of carbonyl (C=O) groups excluding carboxylic acids is 1. The SMILES string of the molecule is COC(=O)c1nc(CCc2ccc(OC)cc2)sc1N. The maximum absolute atomic E-state index is 11.4. The molecule has 0 unspecified atom stereocenters. The Balaban J connectivity index is 2.01. The van der Waals surface area contributed by atoms with E-state index in [0.29, 0.717) is 5.00 Å². The van der Waals surface area contributed by atoms with Crippen LogP contribution in [-0.2, 0) is 17.6 Å². The minimum atomic E-state index is -0.491. The molecule has 0 saturated heterocycles. The quantitative estimate of drug-likeness (QED) is 0.856. The number of benzene rings is 1. The van der Waals surface area contributed by atoms with E-state index in [4.69, 9.17) is 10.5 Å². The Kier molecular flexibility index (Phi) is 4.57. The fourth-order valence-electron chi connectivity index (χ4n) is 1.77. The van der Waals surface area contributed by atoms with Gasteiger partial charge in [-0.25, -0.2) is 9.78 Å². The van der Waals surface area contributed by atoms with Crippen molar-refractivity contribution in [1.82, 2.24) is 4.98 Å². The molecule has 0 amide bonds. The van der Waals surface area contributed by atoms with Crippen LogP contribution in [0, 0.1) is 0 Å². The van der Waals surface area contributed by atoms with Crippen molar-refractivity contribution in [3.63, 3.8) is 0 Å². The van der Waals surface area contributed by atoms with Crippen LogP contribution in [0.15, 0.2) is 24.3 Å². The van der Waals surface area contributed by atoms with Crippen molar-refractivity contribution in [3.05, 3.63) is 40.5 Å². The molecule has 2 N–H and O–H groups in total. The van der Waals surface area contributed by atoms with Crippen LogP contribution < -0.4 is 10.5 Å². The third-order valence-electron chi connectivity index (χ3n) is 2.86. The Labute approximate surface area is 121 Å². The second-order valence-electron chi connectivity index (χ2n) is 4.16. The Hall–Kier alpha value is -2.08. The summed E-state index contributed by atoms with van der Waals surface area (Å²) in [6.45, 7) is 0. The van der Waals surface area contributed by atoms with Gasteiger partial charge in [0.2, 0.25) is 0 Å². The van der Waals surface area contributed by atoms with Gasteiger partial charge in [0.1, 0.15) is 10.8 Å². The van der Waals surface area contributed by atoms with Crippen LogP contribution in [-0.4, -0.2) is 25.2 Å². The first kappa shape index (κ1) is 14.3. The second-order valence-corrected chi connectivity index (χ2v) is 5.28. The van der Waals surface area contributed by atoms with Gasteiger partial charge in [-0.2, -0.15) is 0 Å². The van der Waals surface area contributed by atoms with Gasteiger partial charge in [0.25, 0.3) is 0 Å². The molecule has 0 fully saturated rings. The first-order valence-corrected chi connectivity index (χ1v) is 6.92. The molecule has 0 radical (unpaired) electrons. The van der Waals surface area contributed by atoms with Gasteiger partial charge in [-0.05, 0) is 24.1 Å². The minimum Gasteiger partial charge on any atom is -0.497 e. The molecule has 0 atom stereocenters. The number of hydrogen-bond acceptors (Lipinski definition) is 6.